The minimum Gasteiger partial charge on any atom is -0.478 e. The second-order valence-corrected chi connectivity index (χ2v) is 9.34. The van der Waals surface area contributed by atoms with E-state index in [1.54, 1.807) is 6.07 Å². The molecule has 1 amide bonds. The number of rotatable bonds is 7. The molecule has 0 bridgehead atoms. The molecule has 7 nitrogen and oxygen atoms in total. The molecule has 0 fully saturated rings. The van der Waals surface area contributed by atoms with Gasteiger partial charge in [-0.1, -0.05) is 36.2 Å². The first-order valence-corrected chi connectivity index (χ1v) is 11.6. The second kappa shape index (κ2) is 9.60. The Kier molecular flexibility index (Phi) is 7.08. The van der Waals surface area contributed by atoms with E-state index in [1.165, 1.54) is 54.6 Å². The Morgan fingerprint density at radius 2 is 1.56 bits per heavy atom. The molecule has 0 heterocycles. The van der Waals surface area contributed by atoms with Gasteiger partial charge in [0.1, 0.15) is 0 Å². The summed E-state index contributed by atoms with van der Waals surface area (Å²) in [5, 5.41) is 12.5. The molecule has 3 N–H and O–H groups in total. The summed E-state index contributed by atoms with van der Waals surface area (Å²) in [4.78, 5) is 24.0. The van der Waals surface area contributed by atoms with Gasteiger partial charge in [0, 0.05) is 15.6 Å². The van der Waals surface area contributed by atoms with E-state index < -0.39 is 21.9 Å². The van der Waals surface area contributed by atoms with E-state index in [0.717, 1.165) is 5.56 Å². The number of hydrogen-bond donors (Lipinski definition) is 3. The van der Waals surface area contributed by atoms with Crippen molar-refractivity contribution in [3.63, 3.8) is 0 Å². The molecule has 0 radical (unpaired) electrons. The van der Waals surface area contributed by atoms with Crippen molar-refractivity contribution in [1.82, 2.24) is 0 Å². The third kappa shape index (κ3) is 5.59. The maximum Gasteiger partial charge on any atom is 0.337 e. The van der Waals surface area contributed by atoms with Gasteiger partial charge in [0.2, 0.25) is 0 Å². The lowest BCUT2D eigenvalue weighted by atomic mass is 10.1. The topological polar surface area (TPSA) is 113 Å². The van der Waals surface area contributed by atoms with Crippen molar-refractivity contribution in [3.05, 3.63) is 87.4 Å². The van der Waals surface area contributed by atoms with E-state index in [1.807, 2.05) is 6.92 Å². The predicted molar refractivity (Wildman–Crippen MR) is 124 cm³/mol. The van der Waals surface area contributed by atoms with Gasteiger partial charge in [-0.05, 0) is 66.6 Å². The van der Waals surface area contributed by atoms with Crippen molar-refractivity contribution in [2.75, 3.05) is 10.0 Å². The summed E-state index contributed by atoms with van der Waals surface area (Å²) >= 11 is 11.8. The monoisotopic (exact) mass is 492 g/mol. The molecule has 0 atom stereocenters. The average Bonchev–Trinajstić information content (AvgIpc) is 2.72. The third-order valence-corrected chi connectivity index (χ3v) is 6.35. The van der Waals surface area contributed by atoms with Crippen LogP contribution in [0.5, 0.6) is 0 Å². The van der Waals surface area contributed by atoms with E-state index in [2.05, 4.69) is 10.0 Å². The van der Waals surface area contributed by atoms with Gasteiger partial charge < -0.3 is 10.4 Å². The molecule has 0 saturated heterocycles. The number of amides is 1. The van der Waals surface area contributed by atoms with Crippen LogP contribution >= 0.6 is 23.2 Å². The van der Waals surface area contributed by atoms with E-state index >= 15 is 0 Å². The smallest absolute Gasteiger partial charge is 0.337 e. The van der Waals surface area contributed by atoms with Gasteiger partial charge in [-0.15, -0.1) is 0 Å². The molecular formula is C22H18Cl2N2O5S. The first kappa shape index (κ1) is 23.6. The molecule has 3 aromatic carbocycles. The molecule has 0 aliphatic heterocycles. The fraction of sp³-hybridized carbons (Fsp3) is 0.0909. The predicted octanol–water partition coefficient (Wildman–Crippen LogP) is 5.31. The quantitative estimate of drug-likeness (QED) is 0.413. The third-order valence-electron chi connectivity index (χ3n) is 4.51. The molecule has 32 heavy (non-hydrogen) atoms. The van der Waals surface area contributed by atoms with E-state index in [0.29, 0.717) is 6.42 Å². The number of carbonyl (C=O) groups is 2. The van der Waals surface area contributed by atoms with Gasteiger partial charge in [0.25, 0.3) is 15.9 Å². The Hall–Kier alpha value is -3.07. The number of benzene rings is 3. The van der Waals surface area contributed by atoms with Gasteiger partial charge in [-0.3, -0.25) is 9.52 Å². The summed E-state index contributed by atoms with van der Waals surface area (Å²) in [5.74, 6) is -1.74. The minimum absolute atomic E-state index is 0.0266. The average molecular weight is 493 g/mol. The highest BCUT2D eigenvalue weighted by atomic mass is 35.5. The Balaban J connectivity index is 1.79. The number of aromatic carboxylic acids is 1. The molecule has 3 rings (SSSR count). The molecule has 0 aromatic heterocycles. The number of hydrogen-bond acceptors (Lipinski definition) is 4. The number of halogens is 2. The molecule has 0 spiro atoms. The van der Waals surface area contributed by atoms with Crippen molar-refractivity contribution in [3.8, 4) is 0 Å². The highest BCUT2D eigenvalue weighted by Gasteiger charge is 2.18. The first-order valence-electron chi connectivity index (χ1n) is 9.35. The summed E-state index contributed by atoms with van der Waals surface area (Å²) in [6, 6.07) is 14.2. The van der Waals surface area contributed by atoms with Crippen molar-refractivity contribution >= 4 is 56.5 Å². The van der Waals surface area contributed by atoms with Gasteiger partial charge in [-0.2, -0.15) is 0 Å². The number of carboxylic acid groups (broad SMARTS) is 1. The number of sulfonamides is 1. The maximum atomic E-state index is 12.6. The van der Waals surface area contributed by atoms with Crippen LogP contribution in [0.25, 0.3) is 0 Å². The molecule has 0 saturated carbocycles. The van der Waals surface area contributed by atoms with Crippen LogP contribution in [-0.4, -0.2) is 25.4 Å². The van der Waals surface area contributed by atoms with Crippen molar-refractivity contribution in [1.29, 1.82) is 0 Å². The number of nitrogens with one attached hydrogen (secondary N) is 2. The first-order chi connectivity index (χ1) is 15.1. The van der Waals surface area contributed by atoms with Crippen LogP contribution in [0, 0.1) is 0 Å². The zero-order chi connectivity index (χ0) is 23.5. The SMILES string of the molecule is CCc1ccc(NC(=O)c2ccc(S(=O)(=O)Nc3cc(Cl)cc(Cl)c3)cc2)c(C(=O)O)c1. The van der Waals surface area contributed by atoms with Crippen molar-refractivity contribution in [2.45, 2.75) is 18.2 Å². The van der Waals surface area contributed by atoms with Crippen LogP contribution in [0.2, 0.25) is 10.0 Å². The minimum atomic E-state index is -3.95. The number of aryl methyl sites for hydroxylation is 1. The number of carbonyl (C=O) groups excluding carboxylic acids is 1. The summed E-state index contributed by atoms with van der Waals surface area (Å²) in [6.45, 7) is 1.89. The zero-order valence-corrected chi connectivity index (χ0v) is 19.1. The van der Waals surface area contributed by atoms with Crippen LogP contribution in [0.4, 0.5) is 11.4 Å². The van der Waals surface area contributed by atoms with Crippen LogP contribution in [0.15, 0.2) is 65.6 Å². The van der Waals surface area contributed by atoms with Gasteiger partial charge in [0.15, 0.2) is 0 Å². The van der Waals surface area contributed by atoms with Crippen molar-refractivity contribution in [2.24, 2.45) is 0 Å². The number of anilines is 2. The van der Waals surface area contributed by atoms with Crippen molar-refractivity contribution < 1.29 is 23.1 Å². The maximum absolute atomic E-state index is 12.6. The van der Waals surface area contributed by atoms with E-state index in [-0.39, 0.29) is 37.4 Å². The Bertz CT molecular complexity index is 1270. The molecule has 166 valence electrons. The lowest BCUT2D eigenvalue weighted by molar-refractivity contribution is 0.0698. The zero-order valence-electron chi connectivity index (χ0n) is 16.7. The largest absolute Gasteiger partial charge is 0.478 e. The van der Waals surface area contributed by atoms with Crippen LogP contribution in [0.1, 0.15) is 33.2 Å². The Morgan fingerprint density at radius 3 is 2.12 bits per heavy atom. The molecular weight excluding hydrogens is 475 g/mol. The van der Waals surface area contributed by atoms with Gasteiger partial charge >= 0.3 is 5.97 Å². The molecule has 0 aliphatic rings. The standard InChI is InChI=1S/C22H18Cl2N2O5S/c1-2-13-3-8-20(19(9-13)22(28)29)25-21(27)14-4-6-18(7-5-14)32(30,31)26-17-11-15(23)10-16(24)12-17/h3-12,26H,2H2,1H3,(H,25,27)(H,28,29). The highest BCUT2D eigenvalue weighted by molar-refractivity contribution is 7.92. The molecule has 10 heteroatoms. The van der Waals surface area contributed by atoms with E-state index in [9.17, 15) is 23.1 Å². The molecule has 0 unspecified atom stereocenters. The normalized spacial score (nSPS) is 11.1. The van der Waals surface area contributed by atoms with E-state index in [4.69, 9.17) is 23.2 Å². The summed E-state index contributed by atoms with van der Waals surface area (Å²) in [7, 11) is -3.95. The molecule has 3 aromatic rings. The molecule has 0 aliphatic carbocycles. The number of carboxylic acids is 1. The summed E-state index contributed by atoms with van der Waals surface area (Å²) in [5.41, 5.74) is 1.30. The summed E-state index contributed by atoms with van der Waals surface area (Å²) < 4.78 is 27.6. The van der Waals surface area contributed by atoms with Crippen LogP contribution < -0.4 is 10.0 Å². The fourth-order valence-corrected chi connectivity index (χ4v) is 4.47. The van der Waals surface area contributed by atoms with Gasteiger partial charge in [0.05, 0.1) is 21.8 Å². The Morgan fingerprint density at radius 1 is 0.938 bits per heavy atom. The Labute approximate surface area is 195 Å². The lowest BCUT2D eigenvalue weighted by Gasteiger charge is -2.11. The summed E-state index contributed by atoms with van der Waals surface area (Å²) in [6.07, 6.45) is 0.653. The highest BCUT2D eigenvalue weighted by Crippen LogP contribution is 2.25. The van der Waals surface area contributed by atoms with Gasteiger partial charge in [-0.25, -0.2) is 13.2 Å². The lowest BCUT2D eigenvalue weighted by Crippen LogP contribution is -2.16. The fourth-order valence-electron chi connectivity index (χ4n) is 2.90. The van der Waals surface area contributed by atoms with Crippen LogP contribution in [-0.2, 0) is 16.4 Å². The van der Waals surface area contributed by atoms with Crippen LogP contribution in [0.3, 0.4) is 0 Å². The second-order valence-electron chi connectivity index (χ2n) is 6.78.